The van der Waals surface area contributed by atoms with Gasteiger partial charge >= 0.3 is 5.97 Å². The van der Waals surface area contributed by atoms with E-state index >= 15 is 0 Å². The molecule has 1 N–H and O–H groups in total. The molecule has 0 aromatic heterocycles. The molecule has 43 heavy (non-hydrogen) atoms. The summed E-state index contributed by atoms with van der Waals surface area (Å²) in [5.74, 6) is 0.882. The maximum atomic E-state index is 14.1. The number of carbonyl (C=O) groups is 2. The lowest BCUT2D eigenvalue weighted by molar-refractivity contribution is -0.144. The number of nitrogens with one attached hydrogen (secondary N) is 1. The van der Waals surface area contributed by atoms with E-state index < -0.39 is 11.9 Å². The molecule has 0 spiro atoms. The number of hydrogen-bond acceptors (Lipinski definition) is 7. The van der Waals surface area contributed by atoms with Crippen molar-refractivity contribution in [3.63, 3.8) is 0 Å². The second-order valence-electron chi connectivity index (χ2n) is 11.1. The van der Waals surface area contributed by atoms with Crippen LogP contribution in [-0.4, -0.2) is 32.1 Å². The monoisotopic (exact) mass is 581 g/mol. The predicted molar refractivity (Wildman–Crippen MR) is 165 cm³/mol. The van der Waals surface area contributed by atoms with E-state index in [0.29, 0.717) is 60.0 Å². The summed E-state index contributed by atoms with van der Waals surface area (Å²) >= 11 is 0. The van der Waals surface area contributed by atoms with Crippen molar-refractivity contribution in [2.45, 2.75) is 64.6 Å². The molecule has 0 fully saturated rings. The van der Waals surface area contributed by atoms with Gasteiger partial charge in [-0.05, 0) is 73.6 Å². The third-order valence-corrected chi connectivity index (χ3v) is 8.25. The molecule has 224 valence electrons. The Morgan fingerprint density at radius 3 is 2.42 bits per heavy atom. The van der Waals surface area contributed by atoms with Crippen LogP contribution in [0.5, 0.6) is 17.2 Å². The van der Waals surface area contributed by atoms with Crippen molar-refractivity contribution < 1.29 is 28.5 Å². The van der Waals surface area contributed by atoms with Crippen molar-refractivity contribution in [1.29, 1.82) is 0 Å². The van der Waals surface area contributed by atoms with Crippen molar-refractivity contribution in [3.05, 3.63) is 112 Å². The van der Waals surface area contributed by atoms with Gasteiger partial charge in [0.25, 0.3) is 0 Å². The fourth-order valence-electron chi connectivity index (χ4n) is 5.84. The van der Waals surface area contributed by atoms with Gasteiger partial charge < -0.3 is 24.3 Å². The second kappa shape index (κ2) is 13.2. The number of dihydropyridines is 1. The zero-order chi connectivity index (χ0) is 30.5. The number of esters is 1. The Kier molecular flexibility index (Phi) is 9.19. The topological polar surface area (TPSA) is 83.1 Å². The maximum absolute atomic E-state index is 14.1. The summed E-state index contributed by atoms with van der Waals surface area (Å²) in [7, 11) is 3.21. The van der Waals surface area contributed by atoms with Crippen LogP contribution in [0.1, 0.15) is 68.6 Å². The third kappa shape index (κ3) is 6.46. The third-order valence-electron chi connectivity index (χ3n) is 8.25. The zero-order valence-corrected chi connectivity index (χ0v) is 25.4. The lowest BCUT2D eigenvalue weighted by atomic mass is 9.71. The molecule has 0 bridgehead atoms. The molecular formula is C36H39NO6. The normalized spacial score (nSPS) is 18.9. The van der Waals surface area contributed by atoms with Crippen LogP contribution in [0.2, 0.25) is 0 Å². The van der Waals surface area contributed by atoms with E-state index in [2.05, 4.69) is 5.32 Å². The van der Waals surface area contributed by atoms with Gasteiger partial charge in [-0.2, -0.15) is 0 Å². The van der Waals surface area contributed by atoms with E-state index in [9.17, 15) is 9.59 Å². The standard InChI is InChI=1S/C36H39NO6/c1-6-22(2)43-36(39)33-23(3)37-29-18-27(25-15-16-31(40-4)32(20-25)41-5)19-30(38)35(29)34(33)26-13-10-14-28(17-26)42-21-24-11-8-7-9-12-24/h7-17,20,22,27,34,37H,6,18-19,21H2,1-5H3/t22-,27+,34-/m0/s1. The number of carbonyl (C=O) groups excluding carboxylic acids is 2. The summed E-state index contributed by atoms with van der Waals surface area (Å²) in [4.78, 5) is 27.7. The maximum Gasteiger partial charge on any atom is 0.337 e. The molecular weight excluding hydrogens is 542 g/mol. The molecule has 7 nitrogen and oxygen atoms in total. The Balaban J connectivity index is 1.52. The summed E-state index contributed by atoms with van der Waals surface area (Å²) in [6.45, 7) is 6.14. The van der Waals surface area contributed by atoms with Gasteiger partial charge in [-0.15, -0.1) is 0 Å². The summed E-state index contributed by atoms with van der Waals surface area (Å²) < 4.78 is 22.9. The van der Waals surface area contributed by atoms with Crippen LogP contribution in [0.15, 0.2) is 95.3 Å². The predicted octanol–water partition coefficient (Wildman–Crippen LogP) is 6.99. The smallest absolute Gasteiger partial charge is 0.337 e. The molecule has 3 atom stereocenters. The first-order valence-electron chi connectivity index (χ1n) is 14.8. The van der Waals surface area contributed by atoms with Crippen LogP contribution in [-0.2, 0) is 20.9 Å². The first-order chi connectivity index (χ1) is 20.8. The first kappa shape index (κ1) is 30.0. The number of allylic oxidation sites excluding steroid dienone is 3. The molecule has 7 heteroatoms. The molecule has 2 aliphatic rings. The van der Waals surface area contributed by atoms with Crippen molar-refractivity contribution in [1.82, 2.24) is 5.32 Å². The minimum Gasteiger partial charge on any atom is -0.493 e. The van der Waals surface area contributed by atoms with Crippen LogP contribution in [0.25, 0.3) is 0 Å². The molecule has 1 aliphatic carbocycles. The molecule has 5 rings (SSSR count). The van der Waals surface area contributed by atoms with Gasteiger partial charge in [0.2, 0.25) is 0 Å². The molecule has 1 heterocycles. The fraction of sp³-hybridized carbons (Fsp3) is 0.333. The van der Waals surface area contributed by atoms with Gasteiger partial charge in [0.05, 0.1) is 25.9 Å². The molecule has 1 aliphatic heterocycles. The average Bonchev–Trinajstić information content (AvgIpc) is 3.03. The van der Waals surface area contributed by atoms with Crippen molar-refractivity contribution >= 4 is 11.8 Å². The van der Waals surface area contributed by atoms with Crippen molar-refractivity contribution in [2.24, 2.45) is 0 Å². The average molecular weight is 582 g/mol. The van der Waals surface area contributed by atoms with E-state index in [1.165, 1.54) is 0 Å². The zero-order valence-electron chi connectivity index (χ0n) is 25.4. The molecule has 3 aromatic carbocycles. The second-order valence-corrected chi connectivity index (χ2v) is 11.1. The first-order valence-corrected chi connectivity index (χ1v) is 14.8. The number of ether oxygens (including phenoxy) is 4. The number of ketones is 1. The Hall–Kier alpha value is -4.52. The fourth-order valence-corrected chi connectivity index (χ4v) is 5.84. The quantitative estimate of drug-likeness (QED) is 0.259. The molecule has 0 unspecified atom stereocenters. The van der Waals surface area contributed by atoms with Gasteiger partial charge in [-0.25, -0.2) is 4.79 Å². The van der Waals surface area contributed by atoms with Crippen LogP contribution in [0, 0.1) is 0 Å². The minimum absolute atomic E-state index is 0.00418. The van der Waals surface area contributed by atoms with Crippen LogP contribution in [0.3, 0.4) is 0 Å². The highest BCUT2D eigenvalue weighted by Gasteiger charge is 2.42. The highest BCUT2D eigenvalue weighted by atomic mass is 16.5. The number of hydrogen-bond donors (Lipinski definition) is 1. The Morgan fingerprint density at radius 2 is 1.70 bits per heavy atom. The summed E-state index contributed by atoms with van der Waals surface area (Å²) in [6, 6.07) is 23.4. The molecule has 3 aromatic rings. The number of Topliss-reactive ketones (excluding diaryl/α,β-unsaturated/α-hetero) is 1. The summed E-state index contributed by atoms with van der Waals surface area (Å²) in [6.07, 6.45) is 1.37. The van der Waals surface area contributed by atoms with Crippen molar-refractivity contribution in [3.8, 4) is 17.2 Å². The van der Waals surface area contributed by atoms with Crippen LogP contribution >= 0.6 is 0 Å². The van der Waals surface area contributed by atoms with E-state index in [-0.39, 0.29) is 17.8 Å². The summed E-state index contributed by atoms with van der Waals surface area (Å²) in [5.41, 5.74) is 5.44. The van der Waals surface area contributed by atoms with E-state index in [1.54, 1.807) is 14.2 Å². The Labute approximate surface area is 253 Å². The number of methoxy groups -OCH3 is 2. The number of benzene rings is 3. The van der Waals surface area contributed by atoms with E-state index in [0.717, 1.165) is 22.4 Å². The Bertz CT molecular complexity index is 1560. The molecule has 0 saturated carbocycles. The highest BCUT2D eigenvalue weighted by Crippen LogP contribution is 2.47. The van der Waals surface area contributed by atoms with Crippen molar-refractivity contribution in [2.75, 3.05) is 14.2 Å². The highest BCUT2D eigenvalue weighted by molar-refractivity contribution is 6.04. The van der Waals surface area contributed by atoms with E-state index in [4.69, 9.17) is 18.9 Å². The SMILES string of the molecule is CC[C@H](C)OC(=O)C1=C(C)NC2=C(C(=O)C[C@H](c3ccc(OC)c(OC)c3)C2)[C@H]1c1cccc(OCc2ccccc2)c1. The molecule has 0 amide bonds. The Morgan fingerprint density at radius 1 is 0.930 bits per heavy atom. The lowest BCUT2D eigenvalue weighted by Crippen LogP contribution is -2.36. The summed E-state index contributed by atoms with van der Waals surface area (Å²) in [5, 5.41) is 3.43. The van der Waals surface area contributed by atoms with Gasteiger partial charge in [-0.3, -0.25) is 4.79 Å². The minimum atomic E-state index is -0.577. The van der Waals surface area contributed by atoms with E-state index in [1.807, 2.05) is 93.6 Å². The lowest BCUT2D eigenvalue weighted by Gasteiger charge is -2.37. The number of rotatable bonds is 10. The van der Waals surface area contributed by atoms with Crippen LogP contribution < -0.4 is 19.5 Å². The van der Waals surface area contributed by atoms with Gasteiger partial charge in [0, 0.05) is 29.3 Å². The largest absolute Gasteiger partial charge is 0.493 e. The van der Waals surface area contributed by atoms with Gasteiger partial charge in [0.1, 0.15) is 12.4 Å². The van der Waals surface area contributed by atoms with Crippen LogP contribution in [0.4, 0.5) is 0 Å². The molecule has 0 radical (unpaired) electrons. The van der Waals surface area contributed by atoms with Gasteiger partial charge in [-0.1, -0.05) is 55.5 Å². The van der Waals surface area contributed by atoms with Gasteiger partial charge in [0.15, 0.2) is 17.3 Å². The molecule has 0 saturated heterocycles.